The molecule has 1 heterocycles. The molecule has 3 rings (SSSR count). The average molecular weight is 309 g/mol. The van der Waals surface area contributed by atoms with Crippen LogP contribution in [0.15, 0.2) is 12.1 Å². The van der Waals surface area contributed by atoms with Gasteiger partial charge in [0.25, 0.3) is 0 Å². The van der Waals surface area contributed by atoms with Gasteiger partial charge in [0, 0.05) is 17.3 Å². The first-order valence-electron chi connectivity index (χ1n) is 7.69. The van der Waals surface area contributed by atoms with Crippen molar-refractivity contribution in [2.24, 2.45) is 5.92 Å². The van der Waals surface area contributed by atoms with E-state index in [1.807, 2.05) is 12.1 Å². The van der Waals surface area contributed by atoms with Gasteiger partial charge >= 0.3 is 0 Å². The second kappa shape index (κ2) is 6.24. The monoisotopic (exact) mass is 308 g/mol. The number of fused-ring (bicyclic) bond motifs is 1. The molecule has 1 amide bonds. The van der Waals surface area contributed by atoms with Crippen molar-refractivity contribution in [1.82, 2.24) is 5.32 Å². The van der Waals surface area contributed by atoms with E-state index in [1.54, 1.807) is 0 Å². The molecule has 5 heteroatoms. The molecule has 2 N–H and O–H groups in total. The molecule has 0 radical (unpaired) electrons. The molecule has 0 bridgehead atoms. The third-order valence-electron chi connectivity index (χ3n) is 4.01. The minimum Gasteiger partial charge on any atom is -0.492 e. The standard InChI is InChI=1S/C16H21ClN2O2/c1-2-6-18-15-11-8-12(17)14(9-13(11)19-16(15)20)21-7-5-10-3-4-10/h8-10,15,18H,2-7H2,1H3,(H,19,20). The topological polar surface area (TPSA) is 50.4 Å². The molecule has 0 saturated heterocycles. The van der Waals surface area contributed by atoms with Gasteiger partial charge in [0.1, 0.15) is 11.8 Å². The Bertz CT molecular complexity index is 543. The third kappa shape index (κ3) is 3.33. The maximum atomic E-state index is 12.0. The van der Waals surface area contributed by atoms with Crippen LogP contribution < -0.4 is 15.4 Å². The Morgan fingerprint density at radius 2 is 2.24 bits per heavy atom. The number of carbonyl (C=O) groups excluding carboxylic acids is 1. The summed E-state index contributed by atoms with van der Waals surface area (Å²) in [5.41, 5.74) is 1.72. The van der Waals surface area contributed by atoms with Crippen LogP contribution in [0.4, 0.5) is 5.69 Å². The Labute approximate surface area is 130 Å². The first kappa shape index (κ1) is 14.7. The first-order chi connectivity index (χ1) is 10.2. The highest BCUT2D eigenvalue weighted by molar-refractivity contribution is 6.32. The molecule has 4 nitrogen and oxygen atoms in total. The van der Waals surface area contributed by atoms with Gasteiger partial charge in [-0.15, -0.1) is 0 Å². The van der Waals surface area contributed by atoms with Crippen molar-refractivity contribution >= 4 is 23.2 Å². The molecule has 1 aliphatic carbocycles. The van der Waals surface area contributed by atoms with Gasteiger partial charge in [0.15, 0.2) is 0 Å². The molecular weight excluding hydrogens is 288 g/mol. The van der Waals surface area contributed by atoms with Crippen LogP contribution in [-0.4, -0.2) is 19.1 Å². The summed E-state index contributed by atoms with van der Waals surface area (Å²) in [4.78, 5) is 12.0. The minimum atomic E-state index is -0.307. The highest BCUT2D eigenvalue weighted by Gasteiger charge is 2.31. The molecule has 1 atom stereocenters. The number of rotatable bonds is 7. The molecule has 1 aromatic carbocycles. The van der Waals surface area contributed by atoms with Gasteiger partial charge in [0.05, 0.1) is 11.6 Å². The predicted octanol–water partition coefficient (Wildman–Crippen LogP) is 3.51. The molecule has 1 saturated carbocycles. The van der Waals surface area contributed by atoms with Crippen molar-refractivity contribution in [3.63, 3.8) is 0 Å². The quantitative estimate of drug-likeness (QED) is 0.810. The molecular formula is C16H21ClN2O2. The average Bonchev–Trinajstić information content (AvgIpc) is 3.22. The van der Waals surface area contributed by atoms with E-state index in [2.05, 4.69) is 17.6 Å². The lowest BCUT2D eigenvalue weighted by Crippen LogP contribution is -2.27. The van der Waals surface area contributed by atoms with E-state index in [4.69, 9.17) is 16.3 Å². The first-order valence-corrected chi connectivity index (χ1v) is 8.07. The minimum absolute atomic E-state index is 0.0235. The van der Waals surface area contributed by atoms with Gasteiger partial charge in [-0.05, 0) is 31.4 Å². The van der Waals surface area contributed by atoms with E-state index in [0.29, 0.717) is 17.4 Å². The van der Waals surface area contributed by atoms with Crippen LogP contribution in [0, 0.1) is 5.92 Å². The van der Waals surface area contributed by atoms with Crippen molar-refractivity contribution in [3.8, 4) is 5.75 Å². The summed E-state index contributed by atoms with van der Waals surface area (Å²) in [5, 5.41) is 6.71. The summed E-state index contributed by atoms with van der Waals surface area (Å²) < 4.78 is 5.76. The van der Waals surface area contributed by atoms with Crippen LogP contribution in [0.3, 0.4) is 0 Å². The number of anilines is 1. The highest BCUT2D eigenvalue weighted by Crippen LogP contribution is 2.39. The summed E-state index contributed by atoms with van der Waals surface area (Å²) in [5.74, 6) is 1.47. The molecule has 0 aromatic heterocycles. The molecule has 2 aliphatic rings. The van der Waals surface area contributed by atoms with Gasteiger partial charge < -0.3 is 15.4 Å². The fourth-order valence-electron chi connectivity index (χ4n) is 2.61. The number of benzene rings is 1. The van der Waals surface area contributed by atoms with Gasteiger partial charge in [-0.25, -0.2) is 0 Å². The van der Waals surface area contributed by atoms with Crippen molar-refractivity contribution in [1.29, 1.82) is 0 Å². The summed E-state index contributed by atoms with van der Waals surface area (Å²) in [7, 11) is 0. The molecule has 1 fully saturated rings. The normalized spacial score (nSPS) is 20.3. The van der Waals surface area contributed by atoms with Gasteiger partial charge in [0.2, 0.25) is 5.91 Å². The van der Waals surface area contributed by atoms with E-state index in [9.17, 15) is 4.79 Å². The fraction of sp³-hybridized carbons (Fsp3) is 0.562. The van der Waals surface area contributed by atoms with Crippen molar-refractivity contribution in [3.05, 3.63) is 22.7 Å². The number of halogens is 1. The fourth-order valence-corrected chi connectivity index (χ4v) is 2.83. The van der Waals surface area contributed by atoms with E-state index in [1.165, 1.54) is 12.8 Å². The number of hydrogen-bond acceptors (Lipinski definition) is 3. The highest BCUT2D eigenvalue weighted by atomic mass is 35.5. The van der Waals surface area contributed by atoms with E-state index >= 15 is 0 Å². The Morgan fingerprint density at radius 3 is 2.95 bits per heavy atom. The Kier molecular flexibility index (Phi) is 4.36. The van der Waals surface area contributed by atoms with E-state index < -0.39 is 0 Å². The summed E-state index contributed by atoms with van der Waals surface area (Å²) >= 11 is 6.29. The molecule has 1 unspecified atom stereocenters. The van der Waals surface area contributed by atoms with Crippen molar-refractivity contribution < 1.29 is 9.53 Å². The van der Waals surface area contributed by atoms with Gasteiger partial charge in [-0.2, -0.15) is 0 Å². The second-order valence-corrected chi connectivity index (χ2v) is 6.23. The number of ether oxygens (including phenoxy) is 1. The number of hydrogen-bond donors (Lipinski definition) is 2. The Hall–Kier alpha value is -1.26. The molecule has 0 spiro atoms. The van der Waals surface area contributed by atoms with Crippen LogP contribution in [0.5, 0.6) is 5.75 Å². The Morgan fingerprint density at radius 1 is 1.43 bits per heavy atom. The van der Waals surface area contributed by atoms with Gasteiger partial charge in [-0.1, -0.05) is 31.4 Å². The summed E-state index contributed by atoms with van der Waals surface area (Å²) in [6.07, 6.45) is 4.71. The molecule has 21 heavy (non-hydrogen) atoms. The zero-order valence-corrected chi connectivity index (χ0v) is 13.0. The lowest BCUT2D eigenvalue weighted by molar-refractivity contribution is -0.117. The van der Waals surface area contributed by atoms with Crippen molar-refractivity contribution in [2.45, 2.75) is 38.6 Å². The van der Waals surface area contributed by atoms with Crippen LogP contribution in [0.1, 0.15) is 44.2 Å². The maximum absolute atomic E-state index is 12.0. The van der Waals surface area contributed by atoms with E-state index in [0.717, 1.165) is 36.6 Å². The predicted molar refractivity (Wildman–Crippen MR) is 84.0 cm³/mol. The third-order valence-corrected chi connectivity index (χ3v) is 4.31. The van der Waals surface area contributed by atoms with Crippen LogP contribution in [-0.2, 0) is 4.79 Å². The number of amides is 1. The lowest BCUT2D eigenvalue weighted by Gasteiger charge is -2.12. The summed E-state index contributed by atoms with van der Waals surface area (Å²) in [6.45, 7) is 3.56. The maximum Gasteiger partial charge on any atom is 0.246 e. The largest absolute Gasteiger partial charge is 0.492 e. The lowest BCUT2D eigenvalue weighted by atomic mass is 10.1. The Balaban J connectivity index is 1.71. The SMILES string of the molecule is CCCNC1C(=O)Nc2cc(OCCC3CC3)c(Cl)cc21. The van der Waals surface area contributed by atoms with Crippen LogP contribution in [0.2, 0.25) is 5.02 Å². The van der Waals surface area contributed by atoms with Gasteiger partial charge in [-0.3, -0.25) is 4.79 Å². The van der Waals surface area contributed by atoms with E-state index in [-0.39, 0.29) is 11.9 Å². The molecule has 114 valence electrons. The zero-order chi connectivity index (χ0) is 14.8. The molecule has 1 aromatic rings. The molecule has 1 aliphatic heterocycles. The number of carbonyl (C=O) groups is 1. The second-order valence-electron chi connectivity index (χ2n) is 5.83. The van der Waals surface area contributed by atoms with Crippen molar-refractivity contribution in [2.75, 3.05) is 18.5 Å². The smallest absolute Gasteiger partial charge is 0.246 e. The van der Waals surface area contributed by atoms with Crippen LogP contribution in [0.25, 0.3) is 0 Å². The summed E-state index contributed by atoms with van der Waals surface area (Å²) in [6, 6.07) is 3.38. The number of nitrogens with one attached hydrogen (secondary N) is 2. The zero-order valence-electron chi connectivity index (χ0n) is 12.2. The van der Waals surface area contributed by atoms with Crippen LogP contribution >= 0.6 is 11.6 Å².